The Hall–Kier alpha value is -0.800. The van der Waals surface area contributed by atoms with E-state index in [1.54, 1.807) is 6.08 Å². The van der Waals surface area contributed by atoms with E-state index < -0.39 is 0 Å². The standard InChI is InChI=1S/C10H16O3/c1-2-4-10(5-3-6-11)7-12-9-13-8-10/h2-3,6,11H,1,4-5,7-9H2. The van der Waals surface area contributed by atoms with E-state index in [-0.39, 0.29) is 5.41 Å². The third-order valence-corrected chi connectivity index (χ3v) is 2.22. The van der Waals surface area contributed by atoms with E-state index >= 15 is 0 Å². The molecule has 74 valence electrons. The molecule has 0 spiro atoms. The Bertz CT molecular complexity index is 181. The number of hydrogen-bond donors (Lipinski definition) is 1. The number of aliphatic hydroxyl groups excluding tert-OH is 1. The van der Waals surface area contributed by atoms with Crippen molar-refractivity contribution in [3.8, 4) is 0 Å². The van der Waals surface area contributed by atoms with Crippen LogP contribution in [0.1, 0.15) is 12.8 Å². The molecule has 0 saturated carbocycles. The molecule has 1 aliphatic heterocycles. The zero-order valence-corrected chi connectivity index (χ0v) is 7.74. The van der Waals surface area contributed by atoms with Crippen LogP contribution in [0, 0.1) is 5.41 Å². The third kappa shape index (κ3) is 2.86. The van der Waals surface area contributed by atoms with Crippen molar-refractivity contribution in [2.24, 2.45) is 5.41 Å². The van der Waals surface area contributed by atoms with E-state index in [0.717, 1.165) is 19.1 Å². The Kier molecular flexibility index (Phi) is 3.99. The Morgan fingerprint density at radius 1 is 1.31 bits per heavy atom. The predicted octanol–water partition coefficient (Wildman–Crippen LogP) is 2.02. The summed E-state index contributed by atoms with van der Waals surface area (Å²) in [5.41, 5.74) is -0.0285. The first-order valence-electron chi connectivity index (χ1n) is 4.39. The van der Waals surface area contributed by atoms with Gasteiger partial charge < -0.3 is 14.6 Å². The van der Waals surface area contributed by atoms with Crippen LogP contribution in [0.3, 0.4) is 0 Å². The summed E-state index contributed by atoms with van der Waals surface area (Å²) in [6.07, 6.45) is 6.26. The first kappa shape index (κ1) is 10.3. The van der Waals surface area contributed by atoms with Crippen molar-refractivity contribution in [3.63, 3.8) is 0 Å². The van der Waals surface area contributed by atoms with Crippen molar-refractivity contribution in [2.45, 2.75) is 12.8 Å². The van der Waals surface area contributed by atoms with Crippen LogP contribution in [0.15, 0.2) is 25.0 Å². The molecule has 1 rings (SSSR count). The fourth-order valence-electron chi connectivity index (χ4n) is 1.54. The Labute approximate surface area is 78.7 Å². The van der Waals surface area contributed by atoms with Crippen LogP contribution < -0.4 is 0 Å². The Balaban J connectivity index is 2.54. The Morgan fingerprint density at radius 2 is 2.00 bits per heavy atom. The number of hydrogen-bond acceptors (Lipinski definition) is 3. The maximum Gasteiger partial charge on any atom is 0.146 e. The average molecular weight is 184 g/mol. The highest BCUT2D eigenvalue weighted by molar-refractivity contribution is 4.93. The molecule has 0 aliphatic carbocycles. The average Bonchev–Trinajstić information content (AvgIpc) is 2.17. The minimum atomic E-state index is -0.0285. The zero-order valence-electron chi connectivity index (χ0n) is 7.74. The van der Waals surface area contributed by atoms with Gasteiger partial charge in [0.25, 0.3) is 0 Å². The summed E-state index contributed by atoms with van der Waals surface area (Å²) in [5, 5.41) is 8.59. The van der Waals surface area contributed by atoms with Gasteiger partial charge >= 0.3 is 0 Å². The van der Waals surface area contributed by atoms with E-state index in [9.17, 15) is 0 Å². The van der Waals surface area contributed by atoms with Crippen molar-refractivity contribution in [1.29, 1.82) is 0 Å². The molecule has 1 aliphatic rings. The molecule has 0 aromatic rings. The summed E-state index contributed by atoms with van der Waals surface area (Å²) >= 11 is 0. The summed E-state index contributed by atoms with van der Waals surface area (Å²) < 4.78 is 10.5. The lowest BCUT2D eigenvalue weighted by Crippen LogP contribution is -2.36. The van der Waals surface area contributed by atoms with Gasteiger partial charge in [-0.2, -0.15) is 0 Å². The molecule has 0 unspecified atom stereocenters. The fraction of sp³-hybridized carbons (Fsp3) is 0.600. The highest BCUT2D eigenvalue weighted by Gasteiger charge is 2.31. The van der Waals surface area contributed by atoms with E-state index in [0.29, 0.717) is 20.0 Å². The van der Waals surface area contributed by atoms with Crippen LogP contribution in [0.2, 0.25) is 0 Å². The van der Waals surface area contributed by atoms with Gasteiger partial charge in [0, 0.05) is 5.41 Å². The van der Waals surface area contributed by atoms with Gasteiger partial charge in [-0.3, -0.25) is 0 Å². The molecule has 0 radical (unpaired) electrons. The van der Waals surface area contributed by atoms with Gasteiger partial charge in [-0.1, -0.05) is 6.08 Å². The summed E-state index contributed by atoms with van der Waals surface area (Å²) in [5.74, 6) is 0. The van der Waals surface area contributed by atoms with E-state index in [4.69, 9.17) is 14.6 Å². The SMILES string of the molecule is C=CCC1(CC=CO)COCOC1. The van der Waals surface area contributed by atoms with Gasteiger partial charge in [0.05, 0.1) is 19.5 Å². The molecule has 1 N–H and O–H groups in total. The highest BCUT2D eigenvalue weighted by atomic mass is 16.7. The quantitative estimate of drug-likeness (QED) is 0.536. The zero-order chi connectivity index (χ0) is 9.57. The van der Waals surface area contributed by atoms with Gasteiger partial charge in [0.1, 0.15) is 6.79 Å². The first-order valence-corrected chi connectivity index (χ1v) is 4.39. The van der Waals surface area contributed by atoms with Gasteiger partial charge in [-0.05, 0) is 18.9 Å². The van der Waals surface area contributed by atoms with E-state index in [2.05, 4.69) is 6.58 Å². The van der Waals surface area contributed by atoms with Crippen LogP contribution >= 0.6 is 0 Å². The normalized spacial score (nSPS) is 21.8. The molecule has 0 amide bonds. The molecule has 13 heavy (non-hydrogen) atoms. The molecule has 1 fully saturated rings. The second-order valence-electron chi connectivity index (χ2n) is 3.40. The summed E-state index contributed by atoms with van der Waals surface area (Å²) in [7, 11) is 0. The maximum atomic E-state index is 8.59. The van der Waals surface area contributed by atoms with Crippen molar-refractivity contribution in [3.05, 3.63) is 25.0 Å². The lowest BCUT2D eigenvalue weighted by molar-refractivity contribution is -0.162. The molecule has 1 heterocycles. The number of rotatable bonds is 4. The van der Waals surface area contributed by atoms with Crippen molar-refractivity contribution < 1.29 is 14.6 Å². The smallest absolute Gasteiger partial charge is 0.146 e. The van der Waals surface area contributed by atoms with Crippen molar-refractivity contribution >= 4 is 0 Å². The summed E-state index contributed by atoms with van der Waals surface area (Å²) in [4.78, 5) is 0. The monoisotopic (exact) mass is 184 g/mol. The van der Waals surface area contributed by atoms with Crippen LogP contribution in [-0.2, 0) is 9.47 Å². The fourth-order valence-corrected chi connectivity index (χ4v) is 1.54. The van der Waals surface area contributed by atoms with Crippen LogP contribution in [0.4, 0.5) is 0 Å². The topological polar surface area (TPSA) is 38.7 Å². The van der Waals surface area contributed by atoms with Gasteiger partial charge in [0.15, 0.2) is 0 Å². The molecule has 0 bridgehead atoms. The second kappa shape index (κ2) is 5.04. The van der Waals surface area contributed by atoms with Gasteiger partial charge in [-0.15, -0.1) is 6.58 Å². The largest absolute Gasteiger partial charge is 0.516 e. The third-order valence-electron chi connectivity index (χ3n) is 2.22. The maximum absolute atomic E-state index is 8.59. The highest BCUT2D eigenvalue weighted by Crippen LogP contribution is 2.31. The van der Waals surface area contributed by atoms with Crippen molar-refractivity contribution in [2.75, 3.05) is 20.0 Å². The van der Waals surface area contributed by atoms with Crippen molar-refractivity contribution in [1.82, 2.24) is 0 Å². The first-order chi connectivity index (χ1) is 6.33. The minimum Gasteiger partial charge on any atom is -0.516 e. The van der Waals surface area contributed by atoms with E-state index in [1.165, 1.54) is 0 Å². The number of ether oxygens (including phenoxy) is 2. The lowest BCUT2D eigenvalue weighted by Gasteiger charge is -2.35. The number of allylic oxidation sites excluding steroid dienone is 2. The number of aliphatic hydroxyl groups is 1. The molecule has 0 atom stereocenters. The summed E-state index contributed by atoms with van der Waals surface area (Å²) in [6, 6.07) is 0. The Morgan fingerprint density at radius 3 is 2.54 bits per heavy atom. The molecule has 0 aromatic heterocycles. The van der Waals surface area contributed by atoms with Gasteiger partial charge in [-0.25, -0.2) is 0 Å². The van der Waals surface area contributed by atoms with Crippen LogP contribution in [0.25, 0.3) is 0 Å². The minimum absolute atomic E-state index is 0.0285. The predicted molar refractivity (Wildman–Crippen MR) is 50.4 cm³/mol. The molecular weight excluding hydrogens is 168 g/mol. The lowest BCUT2D eigenvalue weighted by atomic mass is 9.82. The van der Waals surface area contributed by atoms with E-state index in [1.807, 2.05) is 6.08 Å². The molecule has 1 saturated heterocycles. The second-order valence-corrected chi connectivity index (χ2v) is 3.40. The molecular formula is C10H16O3. The summed E-state index contributed by atoms with van der Waals surface area (Å²) in [6.45, 7) is 5.43. The molecule has 3 nitrogen and oxygen atoms in total. The van der Waals surface area contributed by atoms with Gasteiger partial charge in [0.2, 0.25) is 0 Å². The van der Waals surface area contributed by atoms with Crippen LogP contribution in [0.5, 0.6) is 0 Å². The molecule has 0 aromatic carbocycles. The van der Waals surface area contributed by atoms with Crippen LogP contribution in [-0.4, -0.2) is 25.1 Å². The molecule has 3 heteroatoms.